The Labute approximate surface area is 87.5 Å². The Balaban J connectivity index is 1.99. The SMILES string of the molecule is COCCS(=O)CC(O)CNC1CC1. The highest BCUT2D eigenvalue weighted by Gasteiger charge is 2.21. The van der Waals surface area contributed by atoms with Gasteiger partial charge in [-0.3, -0.25) is 4.21 Å². The summed E-state index contributed by atoms with van der Waals surface area (Å²) in [6.45, 7) is 1.05. The van der Waals surface area contributed by atoms with Crippen LogP contribution in [0.25, 0.3) is 0 Å². The fraction of sp³-hybridized carbons (Fsp3) is 1.00. The molecule has 4 nitrogen and oxygen atoms in total. The molecule has 1 saturated carbocycles. The van der Waals surface area contributed by atoms with Gasteiger partial charge in [-0.1, -0.05) is 0 Å². The summed E-state index contributed by atoms with van der Waals surface area (Å²) in [5.74, 6) is 0.861. The lowest BCUT2D eigenvalue weighted by molar-refractivity contribution is 0.193. The predicted octanol–water partition coefficient (Wildman–Crippen LogP) is -0.506. The van der Waals surface area contributed by atoms with Crippen LogP contribution in [0.1, 0.15) is 12.8 Å². The Kier molecular flexibility index (Phi) is 5.62. The number of rotatable bonds is 8. The number of hydrogen-bond acceptors (Lipinski definition) is 4. The number of nitrogens with one attached hydrogen (secondary N) is 1. The summed E-state index contributed by atoms with van der Waals surface area (Å²) in [5, 5.41) is 12.7. The van der Waals surface area contributed by atoms with Crippen molar-refractivity contribution in [2.45, 2.75) is 25.0 Å². The van der Waals surface area contributed by atoms with E-state index in [2.05, 4.69) is 5.32 Å². The standard InChI is InChI=1S/C9H19NO3S/c1-13-4-5-14(12)7-9(11)6-10-8-2-3-8/h8-11H,2-7H2,1H3. The van der Waals surface area contributed by atoms with Crippen molar-refractivity contribution in [1.29, 1.82) is 0 Å². The highest BCUT2D eigenvalue weighted by Crippen LogP contribution is 2.18. The highest BCUT2D eigenvalue weighted by atomic mass is 32.2. The Morgan fingerprint density at radius 1 is 1.64 bits per heavy atom. The van der Waals surface area contributed by atoms with Crippen molar-refractivity contribution in [3.8, 4) is 0 Å². The maximum Gasteiger partial charge on any atom is 0.0779 e. The van der Waals surface area contributed by atoms with E-state index >= 15 is 0 Å². The fourth-order valence-corrected chi connectivity index (χ4v) is 2.19. The minimum absolute atomic E-state index is 0.350. The monoisotopic (exact) mass is 221 g/mol. The number of methoxy groups -OCH3 is 1. The topological polar surface area (TPSA) is 58.6 Å². The lowest BCUT2D eigenvalue weighted by Crippen LogP contribution is -2.32. The van der Waals surface area contributed by atoms with Crippen LogP contribution in [0.4, 0.5) is 0 Å². The van der Waals surface area contributed by atoms with Gasteiger partial charge in [-0.15, -0.1) is 0 Å². The van der Waals surface area contributed by atoms with Gasteiger partial charge in [0.15, 0.2) is 0 Å². The maximum absolute atomic E-state index is 11.3. The molecule has 0 radical (unpaired) electrons. The molecule has 1 aliphatic carbocycles. The van der Waals surface area contributed by atoms with Gasteiger partial charge in [0.1, 0.15) is 0 Å². The first-order valence-corrected chi connectivity index (χ1v) is 6.46. The molecule has 0 aromatic carbocycles. The lowest BCUT2D eigenvalue weighted by atomic mass is 10.4. The molecule has 84 valence electrons. The van der Waals surface area contributed by atoms with Gasteiger partial charge < -0.3 is 15.2 Å². The molecular weight excluding hydrogens is 202 g/mol. The summed E-state index contributed by atoms with van der Waals surface area (Å²) >= 11 is 0. The molecule has 0 aromatic heterocycles. The largest absolute Gasteiger partial charge is 0.391 e. The molecule has 2 atom stereocenters. The number of hydrogen-bond donors (Lipinski definition) is 2. The van der Waals surface area contributed by atoms with E-state index in [0.717, 1.165) is 0 Å². The molecule has 14 heavy (non-hydrogen) atoms. The van der Waals surface area contributed by atoms with Crippen LogP contribution in [0.5, 0.6) is 0 Å². The van der Waals surface area contributed by atoms with E-state index in [0.29, 0.717) is 30.7 Å². The van der Waals surface area contributed by atoms with E-state index in [4.69, 9.17) is 4.74 Å². The zero-order valence-corrected chi connectivity index (χ0v) is 9.39. The van der Waals surface area contributed by atoms with Crippen molar-refractivity contribution in [1.82, 2.24) is 5.32 Å². The third kappa shape index (κ3) is 5.70. The highest BCUT2D eigenvalue weighted by molar-refractivity contribution is 7.85. The van der Waals surface area contributed by atoms with Gasteiger partial charge in [0.2, 0.25) is 0 Å². The molecule has 1 rings (SSSR count). The van der Waals surface area contributed by atoms with Crippen molar-refractivity contribution in [3.63, 3.8) is 0 Å². The first-order valence-electron chi connectivity index (χ1n) is 4.97. The van der Waals surface area contributed by atoms with Crippen molar-refractivity contribution >= 4 is 10.8 Å². The molecule has 0 heterocycles. The Morgan fingerprint density at radius 2 is 2.36 bits per heavy atom. The Bertz CT molecular complexity index is 185. The molecule has 0 bridgehead atoms. The van der Waals surface area contributed by atoms with Crippen LogP contribution in [0.3, 0.4) is 0 Å². The molecule has 1 aliphatic rings. The fourth-order valence-electron chi connectivity index (χ4n) is 1.12. The van der Waals surface area contributed by atoms with E-state index < -0.39 is 16.9 Å². The summed E-state index contributed by atoms with van der Waals surface area (Å²) in [4.78, 5) is 0. The van der Waals surface area contributed by atoms with E-state index in [-0.39, 0.29) is 0 Å². The van der Waals surface area contributed by atoms with Gasteiger partial charge in [-0.25, -0.2) is 0 Å². The second-order valence-electron chi connectivity index (χ2n) is 3.64. The molecule has 0 spiro atoms. The lowest BCUT2D eigenvalue weighted by Gasteiger charge is -2.10. The maximum atomic E-state index is 11.3. The average molecular weight is 221 g/mol. The van der Waals surface area contributed by atoms with E-state index in [1.54, 1.807) is 7.11 Å². The second kappa shape index (κ2) is 6.50. The first kappa shape index (κ1) is 12.1. The minimum Gasteiger partial charge on any atom is -0.391 e. The van der Waals surface area contributed by atoms with Crippen LogP contribution >= 0.6 is 0 Å². The molecule has 1 fully saturated rings. The summed E-state index contributed by atoms with van der Waals surface area (Å²) in [6, 6.07) is 0.595. The molecule has 0 saturated heterocycles. The molecule has 2 unspecified atom stereocenters. The predicted molar refractivity (Wildman–Crippen MR) is 56.8 cm³/mol. The molecule has 0 aromatic rings. The van der Waals surface area contributed by atoms with E-state index in [1.165, 1.54) is 12.8 Å². The third-order valence-corrected chi connectivity index (χ3v) is 3.49. The molecule has 0 aliphatic heterocycles. The Morgan fingerprint density at radius 3 is 2.93 bits per heavy atom. The summed E-state index contributed by atoms with van der Waals surface area (Å²) in [7, 11) is 0.626. The zero-order chi connectivity index (χ0) is 10.4. The van der Waals surface area contributed by atoms with Gasteiger partial charge in [0.25, 0.3) is 0 Å². The van der Waals surface area contributed by atoms with E-state index in [9.17, 15) is 9.32 Å². The quantitative estimate of drug-likeness (QED) is 0.580. The van der Waals surface area contributed by atoms with Gasteiger partial charge in [-0.05, 0) is 12.8 Å². The number of ether oxygens (including phenoxy) is 1. The van der Waals surface area contributed by atoms with Gasteiger partial charge >= 0.3 is 0 Å². The first-order chi connectivity index (χ1) is 6.72. The summed E-state index contributed by atoms with van der Waals surface area (Å²) in [6.07, 6.45) is 1.92. The number of aliphatic hydroxyl groups is 1. The van der Waals surface area contributed by atoms with Crippen LogP contribution in [-0.2, 0) is 15.5 Å². The molecule has 0 amide bonds. The van der Waals surface area contributed by atoms with Crippen LogP contribution in [-0.4, -0.2) is 53.2 Å². The number of aliphatic hydroxyl groups excluding tert-OH is 1. The smallest absolute Gasteiger partial charge is 0.0779 e. The third-order valence-electron chi connectivity index (χ3n) is 2.11. The summed E-state index contributed by atoms with van der Waals surface area (Å²) < 4.78 is 16.1. The second-order valence-corrected chi connectivity index (χ2v) is 5.26. The van der Waals surface area contributed by atoms with Gasteiger partial charge in [0.05, 0.1) is 18.5 Å². The zero-order valence-electron chi connectivity index (χ0n) is 8.57. The molecule has 5 heteroatoms. The van der Waals surface area contributed by atoms with Crippen molar-refractivity contribution in [2.75, 3.05) is 31.8 Å². The van der Waals surface area contributed by atoms with Crippen LogP contribution in [0.15, 0.2) is 0 Å². The molecule has 2 N–H and O–H groups in total. The summed E-state index contributed by atoms with van der Waals surface area (Å²) in [5.41, 5.74) is 0. The van der Waals surface area contributed by atoms with Crippen molar-refractivity contribution in [2.24, 2.45) is 0 Å². The molecular formula is C9H19NO3S. The minimum atomic E-state index is -0.959. The van der Waals surface area contributed by atoms with Crippen molar-refractivity contribution < 1.29 is 14.1 Å². The average Bonchev–Trinajstić information content (AvgIpc) is 2.95. The van der Waals surface area contributed by atoms with Crippen LogP contribution in [0, 0.1) is 0 Å². The Hall–Kier alpha value is 0.0300. The van der Waals surface area contributed by atoms with Crippen LogP contribution in [0.2, 0.25) is 0 Å². The normalized spacial score (nSPS) is 20.7. The van der Waals surface area contributed by atoms with Gasteiger partial charge in [0, 0.05) is 36.2 Å². The van der Waals surface area contributed by atoms with E-state index in [1.807, 2.05) is 0 Å². The van der Waals surface area contributed by atoms with Crippen LogP contribution < -0.4 is 5.32 Å². The van der Waals surface area contributed by atoms with Crippen molar-refractivity contribution in [3.05, 3.63) is 0 Å². The van der Waals surface area contributed by atoms with Gasteiger partial charge in [-0.2, -0.15) is 0 Å².